The van der Waals surface area contributed by atoms with E-state index in [1.54, 1.807) is 42.5 Å². The summed E-state index contributed by atoms with van der Waals surface area (Å²) in [5.74, 6) is -0.279. The van der Waals surface area contributed by atoms with Crippen molar-refractivity contribution in [3.8, 4) is 5.75 Å². The zero-order chi connectivity index (χ0) is 23.4. The predicted molar refractivity (Wildman–Crippen MR) is 124 cm³/mol. The van der Waals surface area contributed by atoms with Crippen molar-refractivity contribution in [1.82, 2.24) is 14.7 Å². The number of methoxy groups -OCH3 is 1. The first kappa shape index (κ1) is 23.3. The molecule has 0 aliphatic heterocycles. The number of hydrogen-bond donors (Lipinski definition) is 1. The van der Waals surface area contributed by atoms with Gasteiger partial charge in [0.2, 0.25) is 5.91 Å². The molecule has 3 rings (SSSR count). The third-order valence-electron chi connectivity index (χ3n) is 4.77. The second-order valence-corrected chi connectivity index (χ2v) is 8.27. The van der Waals surface area contributed by atoms with Crippen molar-refractivity contribution in [2.45, 2.75) is 20.4 Å². The van der Waals surface area contributed by atoms with E-state index < -0.39 is 11.8 Å². The Balaban J connectivity index is 1.87. The minimum absolute atomic E-state index is 0.122. The Labute approximate surface area is 190 Å². The van der Waals surface area contributed by atoms with Gasteiger partial charge in [-0.05, 0) is 30.2 Å². The van der Waals surface area contributed by atoms with Gasteiger partial charge in [-0.25, -0.2) is 4.68 Å². The largest absolute Gasteiger partial charge is 0.495 e. The fourth-order valence-corrected chi connectivity index (χ4v) is 3.47. The number of carbonyl (C=O) groups excluding carboxylic acids is 2. The van der Waals surface area contributed by atoms with Gasteiger partial charge in [0.25, 0.3) is 11.5 Å². The van der Waals surface area contributed by atoms with Gasteiger partial charge < -0.3 is 15.0 Å². The third kappa shape index (κ3) is 5.08. The molecule has 3 aromatic rings. The Morgan fingerprint density at radius 3 is 2.53 bits per heavy atom. The molecule has 0 bridgehead atoms. The van der Waals surface area contributed by atoms with Crippen LogP contribution in [0, 0.1) is 5.92 Å². The lowest BCUT2D eigenvalue weighted by Gasteiger charge is -2.19. The Morgan fingerprint density at radius 2 is 1.88 bits per heavy atom. The van der Waals surface area contributed by atoms with Gasteiger partial charge in [-0.15, -0.1) is 0 Å². The van der Waals surface area contributed by atoms with Gasteiger partial charge in [0, 0.05) is 24.0 Å². The number of fused-ring (bicyclic) bond motifs is 1. The minimum atomic E-state index is -0.466. The van der Waals surface area contributed by atoms with Crippen LogP contribution < -0.4 is 15.6 Å². The Morgan fingerprint density at radius 1 is 1.19 bits per heavy atom. The molecule has 0 saturated carbocycles. The summed E-state index contributed by atoms with van der Waals surface area (Å²) in [4.78, 5) is 39.8. The number of anilines is 1. The molecule has 168 valence electrons. The maximum Gasteiger partial charge on any atom is 0.275 e. The first-order chi connectivity index (χ1) is 15.2. The summed E-state index contributed by atoms with van der Waals surface area (Å²) in [6.45, 7) is 4.08. The lowest BCUT2D eigenvalue weighted by molar-refractivity contribution is -0.116. The van der Waals surface area contributed by atoms with Crippen LogP contribution in [0.3, 0.4) is 0 Å². The van der Waals surface area contributed by atoms with Crippen LogP contribution in [0.4, 0.5) is 5.69 Å². The van der Waals surface area contributed by atoms with Crippen LogP contribution in [-0.2, 0) is 11.3 Å². The Hall–Kier alpha value is -3.39. The molecule has 0 atom stereocenters. The molecule has 0 aliphatic carbocycles. The van der Waals surface area contributed by atoms with Crippen LogP contribution in [0.1, 0.15) is 24.3 Å². The topological polar surface area (TPSA) is 93.5 Å². The van der Waals surface area contributed by atoms with Crippen molar-refractivity contribution in [1.29, 1.82) is 0 Å². The van der Waals surface area contributed by atoms with E-state index in [-0.39, 0.29) is 23.7 Å². The molecule has 0 radical (unpaired) electrons. The molecule has 1 N–H and O–H groups in total. The number of halogens is 1. The maximum absolute atomic E-state index is 13.2. The van der Waals surface area contributed by atoms with Crippen molar-refractivity contribution >= 4 is 39.9 Å². The number of benzene rings is 2. The number of hydrogen-bond acceptors (Lipinski definition) is 5. The quantitative estimate of drug-likeness (QED) is 0.588. The highest BCUT2D eigenvalue weighted by atomic mass is 35.5. The first-order valence-corrected chi connectivity index (χ1v) is 10.5. The molecule has 0 fully saturated rings. The predicted octanol–water partition coefficient (Wildman–Crippen LogP) is 3.43. The van der Waals surface area contributed by atoms with Crippen molar-refractivity contribution in [3.05, 3.63) is 63.5 Å². The summed E-state index contributed by atoms with van der Waals surface area (Å²) in [6, 6.07) is 11.7. The van der Waals surface area contributed by atoms with Gasteiger partial charge in [-0.2, -0.15) is 5.10 Å². The van der Waals surface area contributed by atoms with E-state index in [4.69, 9.17) is 16.3 Å². The van der Waals surface area contributed by atoms with E-state index in [2.05, 4.69) is 10.4 Å². The number of likely N-dealkylation sites (N-methyl/N-ethyl adjacent to an activating group) is 1. The number of aromatic nitrogens is 2. The van der Waals surface area contributed by atoms with Crippen molar-refractivity contribution < 1.29 is 14.3 Å². The molecule has 8 nitrogen and oxygen atoms in total. The average Bonchev–Trinajstić information content (AvgIpc) is 2.75. The normalized spacial score (nSPS) is 10.9. The molecule has 2 aromatic carbocycles. The molecule has 32 heavy (non-hydrogen) atoms. The van der Waals surface area contributed by atoms with Crippen LogP contribution in [0.15, 0.2) is 47.3 Å². The number of amides is 2. The van der Waals surface area contributed by atoms with Crippen LogP contribution in [-0.4, -0.2) is 47.2 Å². The maximum atomic E-state index is 13.2. The number of carbonyl (C=O) groups is 2. The first-order valence-electron chi connectivity index (χ1n) is 10.1. The molecule has 1 heterocycles. The number of nitrogens with one attached hydrogen (secondary N) is 1. The van der Waals surface area contributed by atoms with E-state index >= 15 is 0 Å². The SMILES string of the molecule is COc1ccc(Cl)cc1NC(=O)CN(C)C(=O)c1nn(CC(C)C)c(=O)c2ccccc12. The van der Waals surface area contributed by atoms with Gasteiger partial charge in [0.05, 0.1) is 24.7 Å². The van der Waals surface area contributed by atoms with Crippen molar-refractivity contribution in [3.63, 3.8) is 0 Å². The number of nitrogens with zero attached hydrogens (tertiary/aromatic N) is 3. The second kappa shape index (κ2) is 9.82. The zero-order valence-corrected chi connectivity index (χ0v) is 19.1. The van der Waals surface area contributed by atoms with Gasteiger partial charge in [0.1, 0.15) is 5.75 Å². The monoisotopic (exact) mass is 456 g/mol. The fraction of sp³-hybridized carbons (Fsp3) is 0.304. The lowest BCUT2D eigenvalue weighted by Crippen LogP contribution is -2.37. The van der Waals surface area contributed by atoms with E-state index in [0.29, 0.717) is 33.8 Å². The van der Waals surface area contributed by atoms with Crippen molar-refractivity contribution in [2.75, 3.05) is 26.0 Å². The molecule has 2 amide bonds. The third-order valence-corrected chi connectivity index (χ3v) is 5.01. The van der Waals surface area contributed by atoms with E-state index in [1.807, 2.05) is 13.8 Å². The zero-order valence-electron chi connectivity index (χ0n) is 18.4. The summed E-state index contributed by atoms with van der Waals surface area (Å²) in [5.41, 5.74) is 0.274. The van der Waals surface area contributed by atoms with Crippen molar-refractivity contribution in [2.24, 2.45) is 5.92 Å². The van der Waals surface area contributed by atoms with E-state index in [0.717, 1.165) is 0 Å². The summed E-state index contributed by atoms with van der Waals surface area (Å²) in [5, 5.41) is 8.34. The number of rotatable bonds is 7. The highest BCUT2D eigenvalue weighted by molar-refractivity contribution is 6.31. The summed E-state index contributed by atoms with van der Waals surface area (Å²) in [6.07, 6.45) is 0. The molecule has 0 unspecified atom stereocenters. The van der Waals surface area contributed by atoms with Gasteiger partial charge in [-0.3, -0.25) is 14.4 Å². The highest BCUT2D eigenvalue weighted by Gasteiger charge is 2.22. The van der Waals surface area contributed by atoms with E-state index in [9.17, 15) is 14.4 Å². The molecule has 9 heteroatoms. The van der Waals surface area contributed by atoms with Crippen LogP contribution in [0.5, 0.6) is 5.75 Å². The lowest BCUT2D eigenvalue weighted by atomic mass is 10.1. The summed E-state index contributed by atoms with van der Waals surface area (Å²) < 4.78 is 6.54. The van der Waals surface area contributed by atoms with Crippen LogP contribution in [0.2, 0.25) is 5.02 Å². The molecule has 1 aromatic heterocycles. The fourth-order valence-electron chi connectivity index (χ4n) is 3.30. The van der Waals surface area contributed by atoms with Gasteiger partial charge in [-0.1, -0.05) is 43.6 Å². The molecular formula is C23H25ClN4O4. The van der Waals surface area contributed by atoms with Crippen LogP contribution >= 0.6 is 11.6 Å². The van der Waals surface area contributed by atoms with E-state index in [1.165, 1.54) is 23.7 Å². The number of ether oxygens (including phenoxy) is 1. The Kier molecular flexibility index (Phi) is 7.15. The smallest absolute Gasteiger partial charge is 0.275 e. The molecule has 0 saturated heterocycles. The summed E-state index contributed by atoms with van der Waals surface area (Å²) in [7, 11) is 2.99. The highest BCUT2D eigenvalue weighted by Crippen LogP contribution is 2.27. The molecule has 0 spiro atoms. The van der Waals surface area contributed by atoms with Gasteiger partial charge >= 0.3 is 0 Å². The average molecular weight is 457 g/mol. The van der Waals surface area contributed by atoms with Crippen LogP contribution in [0.25, 0.3) is 10.8 Å². The standard InChI is InChI=1S/C23H25ClN4O4/c1-14(2)12-28-22(30)17-8-6-5-7-16(17)21(26-28)23(31)27(3)13-20(29)25-18-11-15(24)9-10-19(18)32-4/h5-11,14H,12-13H2,1-4H3,(H,25,29). The van der Waals surface area contributed by atoms with Gasteiger partial charge in [0.15, 0.2) is 5.69 Å². The Bertz CT molecular complexity index is 1220. The molecular weight excluding hydrogens is 432 g/mol. The minimum Gasteiger partial charge on any atom is -0.495 e. The summed E-state index contributed by atoms with van der Waals surface area (Å²) >= 11 is 6.00. The second-order valence-electron chi connectivity index (χ2n) is 7.83. The molecule has 0 aliphatic rings.